The van der Waals surface area contributed by atoms with Crippen molar-refractivity contribution in [2.75, 3.05) is 25.5 Å². The number of carbonyl (C=O) groups is 1. The third-order valence-corrected chi connectivity index (χ3v) is 5.34. The van der Waals surface area contributed by atoms with Gasteiger partial charge in [0.15, 0.2) is 0 Å². The summed E-state index contributed by atoms with van der Waals surface area (Å²) in [5.41, 5.74) is 8.35. The van der Waals surface area contributed by atoms with Crippen molar-refractivity contribution in [1.82, 2.24) is 10.2 Å². The summed E-state index contributed by atoms with van der Waals surface area (Å²) < 4.78 is 18.8. The van der Waals surface area contributed by atoms with E-state index >= 15 is 0 Å². The maximum Gasteiger partial charge on any atom is 0.410 e. The lowest BCUT2D eigenvalue weighted by Crippen LogP contribution is -2.48. The molecule has 1 atom stereocenters. The number of halogens is 2. The molecule has 1 aliphatic heterocycles. The molecule has 5 nitrogen and oxygen atoms in total. The Balaban J connectivity index is 0.000000501. The number of amides is 1. The first-order valence-corrected chi connectivity index (χ1v) is 11.4. The van der Waals surface area contributed by atoms with Crippen LogP contribution in [0.2, 0.25) is 0 Å². The monoisotopic (exact) mass is 449 g/mol. The first-order valence-electron chi connectivity index (χ1n) is 10.8. The number of hydrogen-bond acceptors (Lipinski definition) is 4. The zero-order valence-corrected chi connectivity index (χ0v) is 18.9. The van der Waals surface area contributed by atoms with Gasteiger partial charge in [0.05, 0.1) is 6.04 Å². The largest absolute Gasteiger partial charge is 0.445 e. The molecular weight excluding hydrogens is 417 g/mol. The van der Waals surface area contributed by atoms with Crippen LogP contribution in [-0.4, -0.2) is 36.5 Å². The summed E-state index contributed by atoms with van der Waals surface area (Å²) in [6.07, 6.45) is 3.39. The maximum absolute atomic E-state index is 13.4. The summed E-state index contributed by atoms with van der Waals surface area (Å²) in [5.74, 6) is 0.521. The van der Waals surface area contributed by atoms with E-state index in [1.54, 1.807) is 11.0 Å². The normalized spacial score (nSPS) is 15.7. The lowest BCUT2D eigenvalue weighted by Gasteiger charge is -2.34. The molecule has 1 fully saturated rings. The molecule has 2 aromatic rings. The molecule has 0 bridgehead atoms. The minimum Gasteiger partial charge on any atom is -0.445 e. The summed E-state index contributed by atoms with van der Waals surface area (Å²) >= 11 is 5.38. The van der Waals surface area contributed by atoms with Gasteiger partial charge >= 0.3 is 6.09 Å². The van der Waals surface area contributed by atoms with Crippen LogP contribution in [0.1, 0.15) is 48.9 Å². The molecule has 3 N–H and O–H groups in total. The molecule has 1 saturated heterocycles. The van der Waals surface area contributed by atoms with Crippen LogP contribution in [0.15, 0.2) is 48.5 Å². The molecule has 170 valence electrons. The van der Waals surface area contributed by atoms with E-state index in [1.165, 1.54) is 31.4 Å². The number of nitrogens with one attached hydrogen (secondary N) is 1. The van der Waals surface area contributed by atoms with E-state index < -0.39 is 0 Å². The summed E-state index contributed by atoms with van der Waals surface area (Å²) in [4.78, 5) is 14.0. The van der Waals surface area contributed by atoms with Gasteiger partial charge in [0.25, 0.3) is 0 Å². The Morgan fingerprint density at radius 3 is 2.68 bits per heavy atom. The predicted octanol–water partition coefficient (Wildman–Crippen LogP) is 4.98. The van der Waals surface area contributed by atoms with Crippen LogP contribution in [0.3, 0.4) is 0 Å². The number of benzene rings is 2. The number of unbranched alkanes of at least 4 members (excludes halogenated alkanes) is 2. The molecule has 3 rings (SSSR count). The molecule has 2 aromatic carbocycles. The van der Waals surface area contributed by atoms with Gasteiger partial charge in [-0.2, -0.15) is 0 Å². The fourth-order valence-electron chi connectivity index (χ4n) is 3.37. The third-order valence-electron chi connectivity index (χ3n) is 5.08. The third kappa shape index (κ3) is 8.48. The Hall–Kier alpha value is -2.15. The molecule has 0 aromatic heterocycles. The molecular formula is C24H33ClFN3O2. The number of nitrogens with two attached hydrogens (primary N) is 1. The van der Waals surface area contributed by atoms with Crippen molar-refractivity contribution in [3.05, 3.63) is 71.0 Å². The number of ether oxygens (including phenoxy) is 1. The lowest BCUT2D eigenvalue weighted by atomic mass is 9.98. The van der Waals surface area contributed by atoms with E-state index in [0.29, 0.717) is 19.6 Å². The second kappa shape index (κ2) is 14.0. The second-order valence-corrected chi connectivity index (χ2v) is 7.81. The second-order valence-electron chi connectivity index (χ2n) is 7.44. The van der Waals surface area contributed by atoms with Crippen molar-refractivity contribution in [1.29, 1.82) is 0 Å². The maximum atomic E-state index is 13.4. The van der Waals surface area contributed by atoms with Crippen molar-refractivity contribution in [3.63, 3.8) is 0 Å². The van der Waals surface area contributed by atoms with E-state index in [0.717, 1.165) is 22.6 Å². The van der Waals surface area contributed by atoms with Crippen LogP contribution in [0.5, 0.6) is 0 Å². The summed E-state index contributed by atoms with van der Waals surface area (Å²) in [6.45, 7) is 4.36. The highest BCUT2D eigenvalue weighted by atomic mass is 35.5. The van der Waals surface area contributed by atoms with Crippen molar-refractivity contribution in [3.8, 4) is 0 Å². The zero-order valence-electron chi connectivity index (χ0n) is 18.2. The fourth-order valence-corrected chi connectivity index (χ4v) is 3.56. The highest BCUT2D eigenvalue weighted by molar-refractivity contribution is 6.17. The van der Waals surface area contributed by atoms with Gasteiger partial charge in [-0.15, -0.1) is 11.6 Å². The van der Waals surface area contributed by atoms with E-state index in [9.17, 15) is 9.18 Å². The predicted molar refractivity (Wildman–Crippen MR) is 123 cm³/mol. The average molecular weight is 450 g/mol. The minimum atomic E-state index is -0.341. The Bertz CT molecular complexity index is 788. The molecule has 0 aliphatic carbocycles. The van der Waals surface area contributed by atoms with Crippen molar-refractivity contribution < 1.29 is 13.9 Å². The van der Waals surface area contributed by atoms with Crippen molar-refractivity contribution >= 4 is 17.7 Å². The highest BCUT2D eigenvalue weighted by Gasteiger charge is 2.26. The van der Waals surface area contributed by atoms with Gasteiger partial charge in [0.1, 0.15) is 12.4 Å². The fraction of sp³-hybridized carbons (Fsp3) is 0.458. The Morgan fingerprint density at radius 1 is 1.26 bits per heavy atom. The van der Waals surface area contributed by atoms with E-state index in [4.69, 9.17) is 22.1 Å². The molecule has 31 heavy (non-hydrogen) atoms. The van der Waals surface area contributed by atoms with Gasteiger partial charge in [-0.05, 0) is 35.2 Å². The number of piperazine rings is 1. The summed E-state index contributed by atoms with van der Waals surface area (Å²) in [7, 11) is 0. The van der Waals surface area contributed by atoms with Gasteiger partial charge in [-0.25, -0.2) is 9.18 Å². The molecule has 1 heterocycles. The quantitative estimate of drug-likeness (QED) is 0.462. The van der Waals surface area contributed by atoms with Crippen LogP contribution in [0.25, 0.3) is 0 Å². The molecule has 1 unspecified atom stereocenters. The average Bonchev–Trinajstić information content (AvgIpc) is 2.82. The number of carbonyl (C=O) groups excluding carboxylic acids is 1. The molecule has 1 amide bonds. The molecule has 1 aliphatic rings. The van der Waals surface area contributed by atoms with Gasteiger partial charge in [-0.3, -0.25) is 0 Å². The summed E-state index contributed by atoms with van der Waals surface area (Å²) in [6, 6.07) is 14.1. The standard InChI is InChI=1S/C19H22FN3O2.C5H11Cl/c20-16-6-7-17(15(10-16)11-21)18-12-23(9-8-22-18)19(24)25-13-14-4-2-1-3-5-14;1-2-3-4-5-6/h1-7,10,18,22H,8-9,11-13,21H2;2-5H2,1H3. The smallest absolute Gasteiger partial charge is 0.410 e. The topological polar surface area (TPSA) is 67.6 Å². The Labute approximate surface area is 189 Å². The number of hydrogen-bond donors (Lipinski definition) is 2. The van der Waals surface area contributed by atoms with Crippen LogP contribution < -0.4 is 11.1 Å². The van der Waals surface area contributed by atoms with E-state index in [-0.39, 0.29) is 31.1 Å². The molecule has 0 spiro atoms. The molecule has 7 heteroatoms. The van der Waals surface area contributed by atoms with E-state index in [1.807, 2.05) is 30.3 Å². The van der Waals surface area contributed by atoms with Crippen LogP contribution in [-0.2, 0) is 17.9 Å². The van der Waals surface area contributed by atoms with Gasteiger partial charge in [0.2, 0.25) is 0 Å². The highest BCUT2D eigenvalue weighted by Crippen LogP contribution is 2.22. The molecule has 0 radical (unpaired) electrons. The van der Waals surface area contributed by atoms with Crippen LogP contribution in [0.4, 0.5) is 9.18 Å². The zero-order chi connectivity index (χ0) is 22.5. The van der Waals surface area contributed by atoms with Crippen LogP contribution >= 0.6 is 11.6 Å². The SMILES string of the molecule is CCCCCCl.NCc1cc(F)ccc1C1CN(C(=O)OCc2ccccc2)CCN1. The van der Waals surface area contributed by atoms with Gasteiger partial charge in [-0.1, -0.05) is 56.2 Å². The number of alkyl halides is 1. The molecule has 0 saturated carbocycles. The van der Waals surface area contributed by atoms with E-state index in [2.05, 4.69) is 12.2 Å². The Kier molecular flexibility index (Phi) is 11.4. The summed E-state index contributed by atoms with van der Waals surface area (Å²) in [5, 5.41) is 3.36. The van der Waals surface area contributed by atoms with Crippen LogP contribution in [0, 0.1) is 5.82 Å². The van der Waals surface area contributed by atoms with Crippen molar-refractivity contribution in [2.24, 2.45) is 5.73 Å². The first-order chi connectivity index (χ1) is 15.1. The van der Waals surface area contributed by atoms with Gasteiger partial charge < -0.3 is 20.7 Å². The Morgan fingerprint density at radius 2 is 2.03 bits per heavy atom. The van der Waals surface area contributed by atoms with Gasteiger partial charge in [0, 0.05) is 32.1 Å². The lowest BCUT2D eigenvalue weighted by molar-refractivity contribution is 0.0849. The van der Waals surface area contributed by atoms with Crippen molar-refractivity contribution in [2.45, 2.75) is 45.4 Å². The minimum absolute atomic E-state index is 0.0859. The number of rotatable bonds is 7. The number of nitrogens with zero attached hydrogens (tertiary/aromatic N) is 1. The first kappa shape index (κ1) is 25.1.